The van der Waals surface area contributed by atoms with Gasteiger partial charge in [-0.25, -0.2) is 4.98 Å². The van der Waals surface area contributed by atoms with Gasteiger partial charge < -0.3 is 10.6 Å². The topological polar surface area (TPSA) is 45.4 Å². The molecule has 1 aromatic heterocycles. The van der Waals surface area contributed by atoms with Crippen LogP contribution in [0.15, 0.2) is 12.3 Å². The quantitative estimate of drug-likeness (QED) is 0.889. The van der Waals surface area contributed by atoms with Crippen molar-refractivity contribution in [3.63, 3.8) is 0 Å². The van der Waals surface area contributed by atoms with E-state index in [-0.39, 0.29) is 0 Å². The first-order valence-electron chi connectivity index (χ1n) is 6.57. The SMILES string of the molecule is C[C@H]1CN(C2CC2)CCN1c1cc(N)c(Cl)cn1. The highest BCUT2D eigenvalue weighted by atomic mass is 35.5. The lowest BCUT2D eigenvalue weighted by molar-refractivity contribution is 0.219. The van der Waals surface area contributed by atoms with E-state index in [0.717, 1.165) is 31.5 Å². The summed E-state index contributed by atoms with van der Waals surface area (Å²) in [6.45, 7) is 5.51. The van der Waals surface area contributed by atoms with E-state index in [1.807, 2.05) is 6.07 Å². The lowest BCUT2D eigenvalue weighted by Crippen LogP contribution is -2.52. The molecule has 3 rings (SSSR count). The molecule has 98 valence electrons. The van der Waals surface area contributed by atoms with Crippen LogP contribution in [0, 0.1) is 0 Å². The first-order chi connectivity index (χ1) is 8.65. The van der Waals surface area contributed by atoms with Crippen molar-refractivity contribution in [3.05, 3.63) is 17.3 Å². The number of hydrogen-bond acceptors (Lipinski definition) is 4. The third-order valence-corrected chi connectivity index (χ3v) is 4.20. The highest BCUT2D eigenvalue weighted by Gasteiger charge is 2.34. The van der Waals surface area contributed by atoms with Crippen LogP contribution < -0.4 is 10.6 Å². The van der Waals surface area contributed by atoms with Crippen molar-refractivity contribution in [2.75, 3.05) is 30.3 Å². The molecule has 0 aromatic carbocycles. The number of anilines is 2. The summed E-state index contributed by atoms with van der Waals surface area (Å²) in [5.74, 6) is 0.944. The molecule has 2 aliphatic rings. The maximum absolute atomic E-state index is 5.91. The van der Waals surface area contributed by atoms with Gasteiger partial charge in [-0.3, -0.25) is 4.90 Å². The van der Waals surface area contributed by atoms with Crippen molar-refractivity contribution in [3.8, 4) is 0 Å². The van der Waals surface area contributed by atoms with Gasteiger partial charge in [0, 0.05) is 44.0 Å². The van der Waals surface area contributed by atoms with Crippen LogP contribution in [0.4, 0.5) is 11.5 Å². The van der Waals surface area contributed by atoms with Crippen molar-refractivity contribution in [1.82, 2.24) is 9.88 Å². The lowest BCUT2D eigenvalue weighted by Gasteiger charge is -2.40. The van der Waals surface area contributed by atoms with Gasteiger partial charge in [-0.15, -0.1) is 0 Å². The summed E-state index contributed by atoms with van der Waals surface area (Å²) in [6.07, 6.45) is 4.39. The van der Waals surface area contributed by atoms with Crippen LogP contribution in [0.3, 0.4) is 0 Å². The molecular formula is C13H19ClN4. The number of aromatic nitrogens is 1. The average Bonchev–Trinajstić information content (AvgIpc) is 3.17. The summed E-state index contributed by atoms with van der Waals surface area (Å²) in [7, 11) is 0. The van der Waals surface area contributed by atoms with E-state index in [2.05, 4.69) is 21.7 Å². The number of hydrogen-bond donors (Lipinski definition) is 1. The van der Waals surface area contributed by atoms with Crippen LogP contribution in [-0.2, 0) is 0 Å². The Hall–Kier alpha value is -1.00. The first-order valence-corrected chi connectivity index (χ1v) is 6.94. The van der Waals surface area contributed by atoms with Crippen molar-refractivity contribution in [2.24, 2.45) is 0 Å². The summed E-state index contributed by atoms with van der Waals surface area (Å²) in [4.78, 5) is 9.32. The van der Waals surface area contributed by atoms with Gasteiger partial charge in [-0.05, 0) is 19.8 Å². The van der Waals surface area contributed by atoms with Crippen LogP contribution in [0.5, 0.6) is 0 Å². The number of nitrogens with zero attached hydrogens (tertiary/aromatic N) is 3. The number of pyridine rings is 1. The predicted octanol–water partition coefficient (Wildman–Crippen LogP) is 1.99. The molecule has 0 amide bonds. The van der Waals surface area contributed by atoms with Crippen LogP contribution in [0.25, 0.3) is 0 Å². The largest absolute Gasteiger partial charge is 0.397 e. The molecule has 18 heavy (non-hydrogen) atoms. The summed E-state index contributed by atoms with van der Waals surface area (Å²) in [5, 5.41) is 0.531. The van der Waals surface area contributed by atoms with Gasteiger partial charge in [0.05, 0.1) is 10.7 Å². The molecule has 4 nitrogen and oxygen atoms in total. The summed E-state index contributed by atoms with van der Waals surface area (Å²) < 4.78 is 0. The molecule has 2 N–H and O–H groups in total. The number of piperazine rings is 1. The molecule has 2 heterocycles. The minimum Gasteiger partial charge on any atom is -0.397 e. The minimum atomic E-state index is 0.479. The second-order valence-electron chi connectivity index (χ2n) is 5.33. The number of nitrogens with two attached hydrogens (primary N) is 1. The molecule has 5 heteroatoms. The Kier molecular flexibility index (Phi) is 3.08. The van der Waals surface area contributed by atoms with Gasteiger partial charge in [-0.2, -0.15) is 0 Å². The summed E-state index contributed by atoms with van der Waals surface area (Å²) in [6, 6.07) is 3.20. The van der Waals surface area contributed by atoms with Crippen LogP contribution in [0.1, 0.15) is 19.8 Å². The number of halogens is 1. The minimum absolute atomic E-state index is 0.479. The van der Waals surface area contributed by atoms with Gasteiger partial charge in [0.2, 0.25) is 0 Å². The van der Waals surface area contributed by atoms with Crippen LogP contribution >= 0.6 is 11.6 Å². The second-order valence-corrected chi connectivity index (χ2v) is 5.74. The maximum Gasteiger partial charge on any atom is 0.130 e. The lowest BCUT2D eigenvalue weighted by atomic mass is 10.2. The van der Waals surface area contributed by atoms with E-state index in [0.29, 0.717) is 16.8 Å². The smallest absolute Gasteiger partial charge is 0.130 e. The maximum atomic E-state index is 5.91. The summed E-state index contributed by atoms with van der Waals surface area (Å²) in [5.41, 5.74) is 6.46. The fourth-order valence-electron chi connectivity index (χ4n) is 2.70. The Morgan fingerprint density at radius 3 is 2.78 bits per heavy atom. The van der Waals surface area contributed by atoms with Crippen LogP contribution in [0.2, 0.25) is 5.02 Å². The molecule has 0 bridgehead atoms. The van der Waals surface area contributed by atoms with E-state index in [1.54, 1.807) is 6.20 Å². The predicted molar refractivity (Wildman–Crippen MR) is 75.1 cm³/mol. The molecule has 0 spiro atoms. The van der Waals surface area contributed by atoms with E-state index in [9.17, 15) is 0 Å². The highest BCUT2D eigenvalue weighted by molar-refractivity contribution is 6.32. The zero-order valence-corrected chi connectivity index (χ0v) is 11.4. The molecule has 1 aliphatic heterocycles. The Balaban J connectivity index is 1.74. The van der Waals surface area contributed by atoms with E-state index >= 15 is 0 Å². The number of rotatable bonds is 2. The molecule has 2 fully saturated rings. The Bertz CT molecular complexity index is 447. The normalized spacial score (nSPS) is 25.4. The molecule has 0 radical (unpaired) electrons. The fourth-order valence-corrected chi connectivity index (χ4v) is 2.80. The van der Waals surface area contributed by atoms with Crippen molar-refractivity contribution in [1.29, 1.82) is 0 Å². The van der Waals surface area contributed by atoms with Crippen molar-refractivity contribution in [2.45, 2.75) is 31.8 Å². The van der Waals surface area contributed by atoms with Gasteiger partial charge in [0.25, 0.3) is 0 Å². The standard InChI is InChI=1S/C13H19ClN4/c1-9-8-17(10-2-3-10)4-5-18(9)13-6-12(15)11(14)7-16-13/h6-7,9-10H,2-5,8H2,1H3,(H2,15,16)/t9-/m0/s1. The molecule has 1 saturated heterocycles. The van der Waals surface area contributed by atoms with Gasteiger partial charge in [0.1, 0.15) is 5.82 Å². The van der Waals surface area contributed by atoms with Gasteiger partial charge in [0.15, 0.2) is 0 Å². The fraction of sp³-hybridized carbons (Fsp3) is 0.615. The third-order valence-electron chi connectivity index (χ3n) is 3.89. The Labute approximate surface area is 113 Å². The average molecular weight is 267 g/mol. The monoisotopic (exact) mass is 266 g/mol. The molecule has 1 aliphatic carbocycles. The zero-order valence-electron chi connectivity index (χ0n) is 10.6. The highest BCUT2D eigenvalue weighted by Crippen LogP contribution is 2.30. The third kappa shape index (κ3) is 2.27. The Morgan fingerprint density at radius 1 is 1.39 bits per heavy atom. The zero-order chi connectivity index (χ0) is 12.7. The van der Waals surface area contributed by atoms with Crippen molar-refractivity contribution >= 4 is 23.1 Å². The van der Waals surface area contributed by atoms with E-state index < -0.39 is 0 Å². The Morgan fingerprint density at radius 2 is 2.17 bits per heavy atom. The summed E-state index contributed by atoms with van der Waals surface area (Å²) >= 11 is 5.91. The first kappa shape index (κ1) is 12.1. The van der Waals surface area contributed by atoms with E-state index in [1.165, 1.54) is 12.8 Å². The number of nitrogen functional groups attached to an aromatic ring is 1. The molecule has 1 aromatic rings. The van der Waals surface area contributed by atoms with E-state index in [4.69, 9.17) is 17.3 Å². The van der Waals surface area contributed by atoms with Gasteiger partial charge in [-0.1, -0.05) is 11.6 Å². The van der Waals surface area contributed by atoms with Crippen molar-refractivity contribution < 1.29 is 0 Å². The van der Waals surface area contributed by atoms with Gasteiger partial charge >= 0.3 is 0 Å². The second kappa shape index (κ2) is 4.59. The van der Waals surface area contributed by atoms with Crippen LogP contribution in [-0.4, -0.2) is 41.6 Å². The molecular weight excluding hydrogens is 248 g/mol. The molecule has 0 unspecified atom stereocenters. The molecule has 1 atom stereocenters. The molecule has 1 saturated carbocycles.